The molecule has 19 heavy (non-hydrogen) atoms. The molecule has 2 heterocycles. The summed E-state index contributed by atoms with van der Waals surface area (Å²) in [4.78, 5) is 11.5. The Bertz CT molecular complexity index is 657. The van der Waals surface area contributed by atoms with Crippen LogP contribution in [-0.2, 0) is 4.79 Å². The average Bonchev–Trinajstić information content (AvgIpc) is 2.90. The standard InChI is InChI=1S/C15H15NO3/c1-8-9(2)15-14(16-12(17)7-19-15)10(3)13(8)11-5-4-6-18-11/h4-6H,7H2,1-3H3,(H,16,17). The normalized spacial score (nSPS) is 13.7. The Balaban J connectivity index is 2.30. The molecular formula is C15H15NO3. The van der Waals surface area contributed by atoms with Crippen molar-refractivity contribution in [3.63, 3.8) is 0 Å². The van der Waals surface area contributed by atoms with Gasteiger partial charge >= 0.3 is 0 Å². The molecule has 0 saturated carbocycles. The van der Waals surface area contributed by atoms with Crippen LogP contribution in [-0.4, -0.2) is 12.5 Å². The van der Waals surface area contributed by atoms with E-state index in [0.717, 1.165) is 39.5 Å². The molecule has 1 aliphatic rings. The van der Waals surface area contributed by atoms with E-state index in [1.54, 1.807) is 6.26 Å². The molecule has 1 aromatic heterocycles. The topological polar surface area (TPSA) is 51.5 Å². The first-order valence-corrected chi connectivity index (χ1v) is 6.20. The molecule has 0 saturated heterocycles. The molecule has 2 aromatic rings. The summed E-state index contributed by atoms with van der Waals surface area (Å²) in [6.45, 7) is 6.09. The smallest absolute Gasteiger partial charge is 0.262 e. The van der Waals surface area contributed by atoms with Gasteiger partial charge in [0.25, 0.3) is 5.91 Å². The van der Waals surface area contributed by atoms with Crippen molar-refractivity contribution >= 4 is 11.6 Å². The van der Waals surface area contributed by atoms with Crippen LogP contribution in [0.4, 0.5) is 5.69 Å². The summed E-state index contributed by atoms with van der Waals surface area (Å²) in [6, 6.07) is 3.78. The molecule has 0 aliphatic carbocycles. The quantitative estimate of drug-likeness (QED) is 0.853. The van der Waals surface area contributed by atoms with Gasteiger partial charge in [-0.05, 0) is 49.6 Å². The van der Waals surface area contributed by atoms with Gasteiger partial charge in [-0.3, -0.25) is 4.79 Å². The monoisotopic (exact) mass is 257 g/mol. The van der Waals surface area contributed by atoms with Gasteiger partial charge < -0.3 is 14.5 Å². The summed E-state index contributed by atoms with van der Waals surface area (Å²) in [6.07, 6.45) is 1.65. The lowest BCUT2D eigenvalue weighted by molar-refractivity contribution is -0.118. The van der Waals surface area contributed by atoms with Crippen molar-refractivity contribution in [3.05, 3.63) is 35.1 Å². The molecule has 1 amide bonds. The highest BCUT2D eigenvalue weighted by Crippen LogP contribution is 2.43. The number of rotatable bonds is 1. The van der Waals surface area contributed by atoms with Crippen molar-refractivity contribution in [1.29, 1.82) is 0 Å². The Kier molecular flexibility index (Phi) is 2.59. The zero-order chi connectivity index (χ0) is 13.6. The van der Waals surface area contributed by atoms with Gasteiger partial charge in [-0.2, -0.15) is 0 Å². The number of ether oxygens (including phenoxy) is 1. The van der Waals surface area contributed by atoms with Crippen LogP contribution in [0.1, 0.15) is 16.7 Å². The number of anilines is 1. The number of carbonyl (C=O) groups is 1. The minimum Gasteiger partial charge on any atom is -0.481 e. The zero-order valence-corrected chi connectivity index (χ0v) is 11.2. The molecule has 98 valence electrons. The van der Waals surface area contributed by atoms with Crippen LogP contribution in [0.2, 0.25) is 0 Å². The maximum absolute atomic E-state index is 11.5. The van der Waals surface area contributed by atoms with Gasteiger partial charge in [-0.15, -0.1) is 0 Å². The molecule has 0 fully saturated rings. The van der Waals surface area contributed by atoms with Crippen LogP contribution in [0.15, 0.2) is 22.8 Å². The SMILES string of the molecule is Cc1c(C)c(-c2ccco2)c(C)c2c1OCC(=O)N2. The van der Waals surface area contributed by atoms with E-state index in [9.17, 15) is 4.79 Å². The highest BCUT2D eigenvalue weighted by atomic mass is 16.5. The highest BCUT2D eigenvalue weighted by Gasteiger charge is 2.25. The van der Waals surface area contributed by atoms with E-state index in [1.165, 1.54) is 0 Å². The summed E-state index contributed by atoms with van der Waals surface area (Å²) in [5, 5.41) is 2.89. The van der Waals surface area contributed by atoms with Gasteiger partial charge in [-0.25, -0.2) is 0 Å². The lowest BCUT2D eigenvalue weighted by Crippen LogP contribution is -2.27. The first kappa shape index (κ1) is 11.8. The molecule has 4 heteroatoms. The first-order valence-electron chi connectivity index (χ1n) is 6.20. The van der Waals surface area contributed by atoms with Crippen molar-refractivity contribution in [1.82, 2.24) is 0 Å². The van der Waals surface area contributed by atoms with E-state index in [2.05, 4.69) is 5.32 Å². The van der Waals surface area contributed by atoms with Gasteiger partial charge in [0.15, 0.2) is 6.61 Å². The number of amides is 1. The largest absolute Gasteiger partial charge is 0.481 e. The predicted molar refractivity (Wildman–Crippen MR) is 72.5 cm³/mol. The fraction of sp³-hybridized carbons (Fsp3) is 0.267. The van der Waals surface area contributed by atoms with Crippen LogP contribution >= 0.6 is 0 Å². The van der Waals surface area contributed by atoms with Crippen LogP contribution in [0.25, 0.3) is 11.3 Å². The second-order valence-corrected chi connectivity index (χ2v) is 4.77. The maximum atomic E-state index is 11.5. The fourth-order valence-electron chi connectivity index (χ4n) is 2.56. The third-order valence-corrected chi connectivity index (χ3v) is 3.63. The molecule has 1 aromatic carbocycles. The Morgan fingerprint density at radius 2 is 1.95 bits per heavy atom. The molecule has 0 unspecified atom stereocenters. The first-order chi connectivity index (χ1) is 9.09. The van der Waals surface area contributed by atoms with Crippen LogP contribution < -0.4 is 10.1 Å². The van der Waals surface area contributed by atoms with Gasteiger partial charge in [0.1, 0.15) is 11.5 Å². The third kappa shape index (κ3) is 1.71. The van der Waals surface area contributed by atoms with Crippen molar-refractivity contribution in [2.75, 3.05) is 11.9 Å². The summed E-state index contributed by atoms with van der Waals surface area (Å²) in [5.74, 6) is 1.45. The number of hydrogen-bond donors (Lipinski definition) is 1. The molecular weight excluding hydrogens is 242 g/mol. The molecule has 1 N–H and O–H groups in total. The van der Waals surface area contributed by atoms with Gasteiger partial charge in [-0.1, -0.05) is 0 Å². The fourth-order valence-corrected chi connectivity index (χ4v) is 2.56. The molecule has 3 rings (SSSR count). The van der Waals surface area contributed by atoms with Crippen molar-refractivity contribution in [2.45, 2.75) is 20.8 Å². The second kappa shape index (κ2) is 4.16. The van der Waals surface area contributed by atoms with E-state index >= 15 is 0 Å². The summed E-state index contributed by atoms with van der Waals surface area (Å²) in [5.41, 5.74) is 4.90. The van der Waals surface area contributed by atoms with Gasteiger partial charge in [0.2, 0.25) is 0 Å². The van der Waals surface area contributed by atoms with Crippen molar-refractivity contribution in [2.24, 2.45) is 0 Å². The predicted octanol–water partition coefficient (Wildman–Crippen LogP) is 3.20. The van der Waals surface area contributed by atoms with E-state index < -0.39 is 0 Å². The van der Waals surface area contributed by atoms with E-state index in [-0.39, 0.29) is 12.5 Å². The molecule has 1 aliphatic heterocycles. The van der Waals surface area contributed by atoms with E-state index in [4.69, 9.17) is 9.15 Å². The van der Waals surface area contributed by atoms with E-state index in [1.807, 2.05) is 32.9 Å². The third-order valence-electron chi connectivity index (χ3n) is 3.63. The number of fused-ring (bicyclic) bond motifs is 1. The van der Waals surface area contributed by atoms with Crippen molar-refractivity contribution < 1.29 is 13.9 Å². The highest BCUT2D eigenvalue weighted by molar-refractivity contribution is 5.98. The Labute approximate surface area is 111 Å². The lowest BCUT2D eigenvalue weighted by atomic mass is 9.93. The van der Waals surface area contributed by atoms with Gasteiger partial charge in [0, 0.05) is 5.56 Å². The number of hydrogen-bond acceptors (Lipinski definition) is 3. The van der Waals surface area contributed by atoms with Crippen LogP contribution in [0, 0.1) is 20.8 Å². The average molecular weight is 257 g/mol. The van der Waals surface area contributed by atoms with Gasteiger partial charge in [0.05, 0.1) is 12.0 Å². The summed E-state index contributed by atoms with van der Waals surface area (Å²) < 4.78 is 11.1. The minimum atomic E-state index is -0.121. The zero-order valence-electron chi connectivity index (χ0n) is 11.2. The number of benzene rings is 1. The minimum absolute atomic E-state index is 0.0762. The van der Waals surface area contributed by atoms with Crippen LogP contribution in [0.5, 0.6) is 5.75 Å². The number of nitrogens with one attached hydrogen (secondary N) is 1. The van der Waals surface area contributed by atoms with Crippen LogP contribution in [0.3, 0.4) is 0 Å². The Morgan fingerprint density at radius 3 is 2.63 bits per heavy atom. The Hall–Kier alpha value is -2.23. The molecule has 4 nitrogen and oxygen atoms in total. The lowest BCUT2D eigenvalue weighted by Gasteiger charge is -2.25. The van der Waals surface area contributed by atoms with E-state index in [0.29, 0.717) is 0 Å². The summed E-state index contributed by atoms with van der Waals surface area (Å²) in [7, 11) is 0. The number of carbonyl (C=O) groups excluding carboxylic acids is 1. The van der Waals surface area contributed by atoms with Crippen molar-refractivity contribution in [3.8, 4) is 17.1 Å². The number of furan rings is 1. The maximum Gasteiger partial charge on any atom is 0.262 e. The summed E-state index contributed by atoms with van der Waals surface area (Å²) >= 11 is 0. The Morgan fingerprint density at radius 1 is 1.16 bits per heavy atom. The molecule has 0 atom stereocenters. The second-order valence-electron chi connectivity index (χ2n) is 4.77. The molecule has 0 bridgehead atoms. The molecule has 0 spiro atoms. The molecule has 0 radical (unpaired) electrons.